The number of anilines is 3. The predicted octanol–water partition coefficient (Wildman–Crippen LogP) is 2.54. The number of amides is 3. The Morgan fingerprint density at radius 2 is 0.818 bits per heavy atom. The maximum absolute atomic E-state index is 12.8. The molecule has 33 heavy (non-hydrogen) atoms. The lowest BCUT2D eigenvalue weighted by atomic mass is 10.0. The molecule has 3 amide bonds. The first kappa shape index (κ1) is 21.5. The fourth-order valence-corrected chi connectivity index (χ4v) is 3.03. The van der Waals surface area contributed by atoms with Gasteiger partial charge in [-0.3, -0.25) is 29.7 Å². The quantitative estimate of drug-likeness (QED) is 0.265. The van der Waals surface area contributed by atoms with Crippen molar-refractivity contribution in [2.45, 2.75) is 20.8 Å². The number of hydrogen-bond donors (Lipinski definition) is 6. The molecule has 0 aliphatic rings. The zero-order valence-electron chi connectivity index (χ0n) is 18.0. The molecule has 0 spiro atoms. The molecule has 6 N–H and O–H groups in total. The van der Waals surface area contributed by atoms with Crippen molar-refractivity contribution >= 4 is 35.2 Å². The SMILES string of the molecule is Cc1cc(NC(=O)c2cc(C(=O)Nc3cc(C)[nH]n3)cc(C(=O)Nc3cc(C)[nH]n3)c2)n[nH]1. The molecule has 0 aliphatic carbocycles. The number of hydrogen-bond acceptors (Lipinski definition) is 6. The number of benzene rings is 1. The number of carbonyl (C=O) groups excluding carboxylic acids is 3. The van der Waals surface area contributed by atoms with Gasteiger partial charge in [-0.2, -0.15) is 15.3 Å². The number of carbonyl (C=O) groups is 3. The highest BCUT2D eigenvalue weighted by Gasteiger charge is 2.18. The standard InChI is InChI=1S/C21H21N9O3/c1-10-4-16(28-25-10)22-19(31)13-7-14(20(32)23-17-5-11(2)26-29-17)9-15(8-13)21(33)24-18-6-12(3)27-30-18/h4-9H,1-3H3,(H2,22,25,28,31)(H2,23,26,29,32)(H2,24,27,30,33). The van der Waals surface area contributed by atoms with Gasteiger partial charge in [-0.25, -0.2) is 0 Å². The van der Waals surface area contributed by atoms with E-state index in [1.165, 1.54) is 18.2 Å². The number of aromatic nitrogens is 6. The van der Waals surface area contributed by atoms with Gasteiger partial charge in [0.2, 0.25) is 0 Å². The van der Waals surface area contributed by atoms with E-state index in [4.69, 9.17) is 0 Å². The molecule has 0 aliphatic heterocycles. The first-order valence-electron chi connectivity index (χ1n) is 9.92. The van der Waals surface area contributed by atoms with Crippen molar-refractivity contribution in [3.63, 3.8) is 0 Å². The molecular weight excluding hydrogens is 426 g/mol. The maximum atomic E-state index is 12.8. The van der Waals surface area contributed by atoms with Crippen LogP contribution in [0.2, 0.25) is 0 Å². The summed E-state index contributed by atoms with van der Waals surface area (Å²) in [6, 6.07) is 9.13. The minimum absolute atomic E-state index is 0.102. The molecule has 4 aromatic rings. The van der Waals surface area contributed by atoms with Crippen LogP contribution in [0.5, 0.6) is 0 Å². The molecule has 12 nitrogen and oxygen atoms in total. The average molecular weight is 447 g/mol. The monoisotopic (exact) mass is 447 g/mol. The van der Waals surface area contributed by atoms with Crippen molar-refractivity contribution in [2.75, 3.05) is 16.0 Å². The van der Waals surface area contributed by atoms with Gasteiger partial charge < -0.3 is 16.0 Å². The molecule has 0 atom stereocenters. The zero-order valence-corrected chi connectivity index (χ0v) is 18.0. The first-order chi connectivity index (χ1) is 15.8. The molecule has 12 heteroatoms. The minimum atomic E-state index is -0.531. The van der Waals surface area contributed by atoms with Crippen LogP contribution >= 0.6 is 0 Å². The second-order valence-corrected chi connectivity index (χ2v) is 7.47. The number of nitrogens with zero attached hydrogens (tertiary/aromatic N) is 3. The molecule has 4 rings (SSSR count). The molecule has 0 radical (unpaired) electrons. The Hall–Kier alpha value is -4.74. The summed E-state index contributed by atoms with van der Waals surface area (Å²) in [6.07, 6.45) is 0. The summed E-state index contributed by atoms with van der Waals surface area (Å²) in [5.74, 6) is -0.642. The van der Waals surface area contributed by atoms with E-state index in [2.05, 4.69) is 46.5 Å². The molecular formula is C21H21N9O3. The molecule has 1 aromatic carbocycles. The molecule has 0 saturated carbocycles. The summed E-state index contributed by atoms with van der Waals surface area (Å²) in [4.78, 5) is 38.5. The predicted molar refractivity (Wildman–Crippen MR) is 120 cm³/mol. The highest BCUT2D eigenvalue weighted by molar-refractivity contribution is 6.12. The lowest BCUT2D eigenvalue weighted by Crippen LogP contribution is -2.19. The smallest absolute Gasteiger partial charge is 0.256 e. The van der Waals surface area contributed by atoms with Gasteiger partial charge in [0.25, 0.3) is 17.7 Å². The van der Waals surface area contributed by atoms with Crippen LogP contribution in [0.4, 0.5) is 17.5 Å². The summed E-state index contributed by atoms with van der Waals surface area (Å²) in [5.41, 5.74) is 2.60. The van der Waals surface area contributed by atoms with Gasteiger partial charge in [0, 0.05) is 52.0 Å². The van der Waals surface area contributed by atoms with E-state index in [0.717, 1.165) is 17.1 Å². The average Bonchev–Trinajstić information content (AvgIpc) is 3.49. The van der Waals surface area contributed by atoms with Crippen LogP contribution in [0.3, 0.4) is 0 Å². The largest absolute Gasteiger partial charge is 0.305 e. The van der Waals surface area contributed by atoms with Crippen molar-refractivity contribution < 1.29 is 14.4 Å². The fourth-order valence-electron chi connectivity index (χ4n) is 3.03. The van der Waals surface area contributed by atoms with E-state index in [1.54, 1.807) is 39.0 Å². The number of rotatable bonds is 6. The lowest BCUT2D eigenvalue weighted by molar-refractivity contribution is 0.102. The van der Waals surface area contributed by atoms with Gasteiger partial charge in [0.15, 0.2) is 17.5 Å². The second kappa shape index (κ2) is 8.78. The van der Waals surface area contributed by atoms with Crippen LogP contribution in [0, 0.1) is 20.8 Å². The Morgan fingerprint density at radius 3 is 1.03 bits per heavy atom. The Kier molecular flexibility index (Phi) is 5.72. The molecule has 0 bridgehead atoms. The highest BCUT2D eigenvalue weighted by Crippen LogP contribution is 2.17. The number of aryl methyl sites for hydroxylation is 3. The fraction of sp³-hybridized carbons (Fsp3) is 0.143. The third-order valence-corrected chi connectivity index (χ3v) is 4.56. The van der Waals surface area contributed by atoms with Gasteiger partial charge in [-0.1, -0.05) is 0 Å². The molecule has 0 fully saturated rings. The van der Waals surface area contributed by atoms with Gasteiger partial charge in [0.05, 0.1) is 0 Å². The number of nitrogens with one attached hydrogen (secondary N) is 6. The lowest BCUT2D eigenvalue weighted by Gasteiger charge is -2.09. The molecule has 0 unspecified atom stereocenters. The van der Waals surface area contributed by atoms with E-state index >= 15 is 0 Å². The van der Waals surface area contributed by atoms with Crippen molar-refractivity contribution in [2.24, 2.45) is 0 Å². The van der Waals surface area contributed by atoms with Crippen molar-refractivity contribution in [1.29, 1.82) is 0 Å². The first-order valence-corrected chi connectivity index (χ1v) is 9.92. The molecule has 3 aromatic heterocycles. The Labute approximate surface area is 187 Å². The zero-order chi connectivity index (χ0) is 23.5. The maximum Gasteiger partial charge on any atom is 0.256 e. The van der Waals surface area contributed by atoms with Crippen LogP contribution in [0.15, 0.2) is 36.4 Å². The van der Waals surface area contributed by atoms with E-state index in [-0.39, 0.29) is 16.7 Å². The van der Waals surface area contributed by atoms with E-state index in [1.807, 2.05) is 0 Å². The summed E-state index contributed by atoms with van der Waals surface area (Å²) in [6.45, 7) is 5.39. The Balaban J connectivity index is 1.64. The number of aromatic amines is 3. The summed E-state index contributed by atoms with van der Waals surface area (Å²) >= 11 is 0. The van der Waals surface area contributed by atoms with Crippen molar-refractivity contribution in [3.8, 4) is 0 Å². The third kappa shape index (κ3) is 5.12. The third-order valence-electron chi connectivity index (χ3n) is 4.56. The molecule has 0 saturated heterocycles. The van der Waals surface area contributed by atoms with Crippen LogP contribution in [0.25, 0.3) is 0 Å². The van der Waals surface area contributed by atoms with Crippen LogP contribution in [-0.4, -0.2) is 48.3 Å². The highest BCUT2D eigenvalue weighted by atomic mass is 16.2. The second-order valence-electron chi connectivity index (χ2n) is 7.47. The Morgan fingerprint density at radius 1 is 0.545 bits per heavy atom. The Bertz CT molecular complexity index is 1170. The molecule has 168 valence electrons. The summed E-state index contributed by atoms with van der Waals surface area (Å²) < 4.78 is 0. The van der Waals surface area contributed by atoms with Crippen molar-refractivity contribution in [3.05, 3.63) is 70.2 Å². The van der Waals surface area contributed by atoms with Crippen LogP contribution in [-0.2, 0) is 0 Å². The van der Waals surface area contributed by atoms with Gasteiger partial charge >= 0.3 is 0 Å². The molecule has 3 heterocycles. The number of H-pyrrole nitrogens is 3. The normalized spacial score (nSPS) is 10.6. The van der Waals surface area contributed by atoms with Crippen molar-refractivity contribution in [1.82, 2.24) is 30.6 Å². The van der Waals surface area contributed by atoms with Gasteiger partial charge in [-0.15, -0.1) is 0 Å². The van der Waals surface area contributed by atoms with E-state index < -0.39 is 17.7 Å². The van der Waals surface area contributed by atoms with E-state index in [9.17, 15) is 14.4 Å². The summed E-state index contributed by atoms with van der Waals surface area (Å²) in [5, 5.41) is 28.0. The summed E-state index contributed by atoms with van der Waals surface area (Å²) in [7, 11) is 0. The van der Waals surface area contributed by atoms with Crippen LogP contribution in [0.1, 0.15) is 48.2 Å². The van der Waals surface area contributed by atoms with Gasteiger partial charge in [-0.05, 0) is 39.0 Å². The van der Waals surface area contributed by atoms with E-state index in [0.29, 0.717) is 17.5 Å². The topological polar surface area (TPSA) is 173 Å². The van der Waals surface area contributed by atoms with Crippen LogP contribution < -0.4 is 16.0 Å². The van der Waals surface area contributed by atoms with Gasteiger partial charge in [0.1, 0.15) is 0 Å². The minimum Gasteiger partial charge on any atom is -0.305 e.